The summed E-state index contributed by atoms with van der Waals surface area (Å²) in [6.07, 6.45) is 3.24. The van der Waals surface area contributed by atoms with Crippen LogP contribution in [0, 0.1) is 13.8 Å². The Morgan fingerprint density at radius 1 is 1.28 bits per heavy atom. The molecule has 0 bridgehead atoms. The first kappa shape index (κ1) is 13.8. The van der Waals surface area contributed by atoms with Crippen LogP contribution in [0.2, 0.25) is 0 Å². The van der Waals surface area contributed by atoms with Crippen LogP contribution in [0.1, 0.15) is 37.1 Å². The van der Waals surface area contributed by atoms with Gasteiger partial charge in [0.1, 0.15) is 10.6 Å². The fraction of sp³-hybridized carbons (Fsp3) is 0.727. The van der Waals surface area contributed by atoms with Crippen LogP contribution in [0.3, 0.4) is 0 Å². The van der Waals surface area contributed by atoms with Gasteiger partial charge >= 0.3 is 0 Å². The quantitative estimate of drug-likeness (QED) is 0.866. The van der Waals surface area contributed by atoms with Crippen LogP contribution in [0.4, 0.5) is 0 Å². The maximum absolute atomic E-state index is 12.2. The third-order valence-electron chi connectivity index (χ3n) is 3.22. The van der Waals surface area contributed by atoms with E-state index in [2.05, 4.69) is 9.88 Å². The van der Waals surface area contributed by atoms with Gasteiger partial charge in [0.05, 0.1) is 0 Å². The molecule has 0 aromatic carbocycles. The molecule has 0 saturated heterocycles. The van der Waals surface area contributed by atoms with E-state index in [0.29, 0.717) is 11.5 Å². The van der Waals surface area contributed by atoms with Crippen LogP contribution >= 0.6 is 11.6 Å². The lowest BCUT2D eigenvalue weighted by Crippen LogP contribution is -2.38. The fourth-order valence-electron chi connectivity index (χ4n) is 2.31. The Hall–Kier alpha value is -0.590. The van der Waals surface area contributed by atoms with E-state index < -0.39 is 10.0 Å². The Bertz CT molecular complexity index is 499. The van der Waals surface area contributed by atoms with Crippen molar-refractivity contribution in [1.29, 1.82) is 0 Å². The van der Waals surface area contributed by atoms with E-state index in [4.69, 9.17) is 16.1 Å². The molecule has 1 aliphatic rings. The highest BCUT2D eigenvalue weighted by atomic mass is 35.5. The first-order chi connectivity index (χ1) is 8.40. The van der Waals surface area contributed by atoms with Crippen molar-refractivity contribution in [3.63, 3.8) is 0 Å². The Labute approximate surface area is 112 Å². The van der Waals surface area contributed by atoms with Gasteiger partial charge in [-0.05, 0) is 39.5 Å². The zero-order valence-corrected chi connectivity index (χ0v) is 12.0. The van der Waals surface area contributed by atoms with Crippen molar-refractivity contribution >= 4 is 21.6 Å². The van der Waals surface area contributed by atoms with E-state index in [-0.39, 0.29) is 16.3 Å². The average molecular weight is 293 g/mol. The lowest BCUT2D eigenvalue weighted by atomic mass is 9.96. The van der Waals surface area contributed by atoms with Gasteiger partial charge in [-0.25, -0.2) is 13.1 Å². The van der Waals surface area contributed by atoms with Gasteiger partial charge in [-0.2, -0.15) is 0 Å². The summed E-state index contributed by atoms with van der Waals surface area (Å²) in [6, 6.07) is -0.0429. The monoisotopic (exact) mass is 292 g/mol. The predicted molar refractivity (Wildman–Crippen MR) is 68.2 cm³/mol. The van der Waals surface area contributed by atoms with Crippen LogP contribution in [-0.4, -0.2) is 25.0 Å². The topological polar surface area (TPSA) is 72.2 Å². The molecule has 18 heavy (non-hydrogen) atoms. The van der Waals surface area contributed by atoms with Crippen LogP contribution in [0.25, 0.3) is 0 Å². The summed E-state index contributed by atoms with van der Waals surface area (Å²) in [4.78, 5) is 0.162. The number of nitrogens with one attached hydrogen (secondary N) is 1. The molecule has 1 N–H and O–H groups in total. The summed E-state index contributed by atoms with van der Waals surface area (Å²) in [5, 5.41) is 3.84. The molecule has 1 aromatic heterocycles. The predicted octanol–water partition coefficient (Wildman–Crippen LogP) is 2.12. The highest BCUT2D eigenvalue weighted by Gasteiger charge is 2.29. The molecule has 5 nitrogen and oxygen atoms in total. The molecule has 0 amide bonds. The molecule has 1 aromatic rings. The molecule has 1 aliphatic carbocycles. The van der Waals surface area contributed by atoms with Crippen molar-refractivity contribution < 1.29 is 12.9 Å². The van der Waals surface area contributed by atoms with E-state index in [1.54, 1.807) is 13.8 Å². The van der Waals surface area contributed by atoms with Crippen molar-refractivity contribution in [2.24, 2.45) is 0 Å². The number of halogens is 1. The molecule has 0 spiro atoms. The number of nitrogens with zero attached hydrogens (tertiary/aromatic N) is 1. The molecule has 0 unspecified atom stereocenters. The highest BCUT2D eigenvalue weighted by molar-refractivity contribution is 7.89. The lowest BCUT2D eigenvalue weighted by molar-refractivity contribution is 0.390. The number of sulfonamides is 1. The van der Waals surface area contributed by atoms with Crippen LogP contribution < -0.4 is 4.72 Å². The van der Waals surface area contributed by atoms with Gasteiger partial charge in [-0.1, -0.05) is 5.16 Å². The number of alkyl halides is 1. The fourth-order valence-corrected chi connectivity index (χ4v) is 4.19. The van der Waals surface area contributed by atoms with E-state index in [0.717, 1.165) is 25.7 Å². The van der Waals surface area contributed by atoms with Gasteiger partial charge < -0.3 is 4.52 Å². The minimum atomic E-state index is -3.54. The number of aromatic nitrogens is 1. The minimum Gasteiger partial charge on any atom is -0.360 e. The van der Waals surface area contributed by atoms with Gasteiger partial charge in [-0.3, -0.25) is 0 Å². The number of aryl methyl sites for hydroxylation is 2. The average Bonchev–Trinajstić information content (AvgIpc) is 2.62. The van der Waals surface area contributed by atoms with E-state index >= 15 is 0 Å². The molecule has 1 saturated carbocycles. The number of hydrogen-bond donors (Lipinski definition) is 1. The second-order valence-electron chi connectivity index (χ2n) is 4.72. The molecule has 0 aliphatic heterocycles. The lowest BCUT2D eigenvalue weighted by Gasteiger charge is -2.25. The standard InChI is InChI=1S/C11H17ClN2O3S/c1-7-11(8(2)17-13-7)18(15,16)14-10-5-3-9(12)4-6-10/h9-10,14H,3-6H2,1-2H3. The summed E-state index contributed by atoms with van der Waals surface area (Å²) in [5.41, 5.74) is 0.394. The van der Waals surface area contributed by atoms with Gasteiger partial charge in [-0.15, -0.1) is 11.6 Å². The minimum absolute atomic E-state index is 0.0429. The van der Waals surface area contributed by atoms with Gasteiger partial charge in [0.2, 0.25) is 10.0 Å². The van der Waals surface area contributed by atoms with E-state index in [1.165, 1.54) is 0 Å². The van der Waals surface area contributed by atoms with E-state index in [1.807, 2.05) is 0 Å². The van der Waals surface area contributed by atoms with Gasteiger partial charge in [0.25, 0.3) is 0 Å². The first-order valence-corrected chi connectivity index (χ1v) is 7.91. The summed E-state index contributed by atoms with van der Waals surface area (Å²) < 4.78 is 32.1. The molecule has 7 heteroatoms. The van der Waals surface area contributed by atoms with Crippen molar-refractivity contribution in [1.82, 2.24) is 9.88 Å². The zero-order valence-electron chi connectivity index (χ0n) is 10.4. The smallest absolute Gasteiger partial charge is 0.246 e. The summed E-state index contributed by atoms with van der Waals surface area (Å²) in [5.74, 6) is 0.325. The first-order valence-electron chi connectivity index (χ1n) is 5.99. The number of hydrogen-bond acceptors (Lipinski definition) is 4. The highest BCUT2D eigenvalue weighted by Crippen LogP contribution is 2.25. The van der Waals surface area contributed by atoms with Crippen molar-refractivity contribution in [3.8, 4) is 0 Å². The van der Waals surface area contributed by atoms with Crippen molar-refractivity contribution in [2.75, 3.05) is 0 Å². The number of rotatable bonds is 3. The normalized spacial score (nSPS) is 25.3. The molecule has 1 heterocycles. The molecule has 0 atom stereocenters. The molecule has 2 rings (SSSR count). The Kier molecular flexibility index (Phi) is 3.99. The third kappa shape index (κ3) is 2.87. The SMILES string of the molecule is Cc1noc(C)c1S(=O)(=O)NC1CCC(Cl)CC1. The van der Waals surface area contributed by atoms with Gasteiger partial charge in [0, 0.05) is 11.4 Å². The maximum atomic E-state index is 12.2. The summed E-state index contributed by atoms with van der Waals surface area (Å²) in [6.45, 7) is 3.23. The van der Waals surface area contributed by atoms with Crippen LogP contribution in [0.5, 0.6) is 0 Å². The molecule has 1 fully saturated rings. The second kappa shape index (κ2) is 5.19. The van der Waals surface area contributed by atoms with Gasteiger partial charge in [0.15, 0.2) is 5.76 Å². The zero-order chi connectivity index (χ0) is 13.3. The molecular formula is C11H17ClN2O3S. The maximum Gasteiger partial charge on any atom is 0.246 e. The summed E-state index contributed by atoms with van der Waals surface area (Å²) >= 11 is 6.00. The molecule has 102 valence electrons. The molecule has 0 radical (unpaired) electrons. The third-order valence-corrected chi connectivity index (χ3v) is 5.42. The van der Waals surface area contributed by atoms with Crippen molar-refractivity contribution in [2.45, 2.75) is 55.8 Å². The Balaban J connectivity index is 2.13. The van der Waals surface area contributed by atoms with E-state index in [9.17, 15) is 8.42 Å². The summed E-state index contributed by atoms with van der Waals surface area (Å²) in [7, 11) is -3.54. The van der Waals surface area contributed by atoms with Crippen LogP contribution in [-0.2, 0) is 10.0 Å². The van der Waals surface area contributed by atoms with Crippen LogP contribution in [0.15, 0.2) is 9.42 Å². The largest absolute Gasteiger partial charge is 0.360 e. The van der Waals surface area contributed by atoms with Crippen molar-refractivity contribution in [3.05, 3.63) is 11.5 Å². The Morgan fingerprint density at radius 3 is 2.39 bits per heavy atom. The Morgan fingerprint density at radius 2 is 1.89 bits per heavy atom. The molecular weight excluding hydrogens is 276 g/mol. The second-order valence-corrected chi connectivity index (χ2v) is 6.99.